The molecule has 0 aliphatic heterocycles. The summed E-state index contributed by atoms with van der Waals surface area (Å²) in [5, 5.41) is 0. The van der Waals surface area contributed by atoms with Crippen LogP contribution in [0.15, 0.2) is 60.9 Å². The Hall–Kier alpha value is -1.61. The summed E-state index contributed by atoms with van der Waals surface area (Å²) in [6.07, 6.45) is 5.82. The molecule has 3 aromatic rings. The van der Waals surface area contributed by atoms with Crippen molar-refractivity contribution in [2.75, 3.05) is 0 Å². The van der Waals surface area contributed by atoms with Gasteiger partial charge in [-0.2, -0.15) is 0 Å². The topological polar surface area (TPSA) is 8.81 Å². The summed E-state index contributed by atoms with van der Waals surface area (Å²) in [5.41, 5.74) is 4.08. The molecule has 0 bridgehead atoms. The fraction of sp³-hybridized carbons (Fsp3) is 0.316. The van der Waals surface area contributed by atoms with Crippen LogP contribution in [0.3, 0.4) is 0 Å². The van der Waals surface area contributed by atoms with Gasteiger partial charge < -0.3 is 17.0 Å². The van der Waals surface area contributed by atoms with Gasteiger partial charge in [0.15, 0.2) is 11.0 Å². The van der Waals surface area contributed by atoms with Crippen LogP contribution < -0.4 is 21.5 Å². The number of nitrogens with zero attached hydrogens (tertiary/aromatic N) is 2. The number of halogens is 1. The first-order chi connectivity index (χ1) is 10.4. The van der Waals surface area contributed by atoms with Crippen molar-refractivity contribution in [2.24, 2.45) is 0 Å². The molecule has 0 radical (unpaired) electrons. The van der Waals surface area contributed by atoms with E-state index in [4.69, 9.17) is 0 Å². The maximum Gasteiger partial charge on any atom is 0.244 e. The molecule has 0 aliphatic carbocycles. The number of benzene rings is 2. The SMILES string of the molecule is CCCC[n+]1cn(CCc2ccccc2)c2ccccc21.[Br-]. The maximum atomic E-state index is 2.39. The van der Waals surface area contributed by atoms with Gasteiger partial charge in [0.25, 0.3) is 0 Å². The Bertz CT molecular complexity index is 704. The van der Waals surface area contributed by atoms with E-state index in [0.717, 1.165) is 19.5 Å². The van der Waals surface area contributed by atoms with E-state index in [9.17, 15) is 0 Å². The molecule has 2 nitrogen and oxygen atoms in total. The predicted octanol–water partition coefficient (Wildman–Crippen LogP) is 0.976. The van der Waals surface area contributed by atoms with E-state index in [0.29, 0.717) is 0 Å². The van der Waals surface area contributed by atoms with Crippen LogP contribution in [0, 0.1) is 0 Å². The number of rotatable bonds is 6. The van der Waals surface area contributed by atoms with Crippen molar-refractivity contribution in [3.63, 3.8) is 0 Å². The maximum absolute atomic E-state index is 2.39. The van der Waals surface area contributed by atoms with Gasteiger partial charge in [-0.1, -0.05) is 55.8 Å². The van der Waals surface area contributed by atoms with Crippen LogP contribution >= 0.6 is 0 Å². The Morgan fingerprint density at radius 2 is 1.68 bits per heavy atom. The number of aromatic nitrogens is 2. The van der Waals surface area contributed by atoms with E-state index in [1.807, 2.05) is 0 Å². The highest BCUT2D eigenvalue weighted by molar-refractivity contribution is 5.71. The second-order valence-electron chi connectivity index (χ2n) is 5.58. The number of para-hydroxylation sites is 2. The van der Waals surface area contributed by atoms with Gasteiger partial charge in [0.05, 0.1) is 13.1 Å². The van der Waals surface area contributed by atoms with Crippen molar-refractivity contribution < 1.29 is 21.5 Å². The number of fused-ring (bicyclic) bond motifs is 1. The standard InChI is InChI=1S/C19H23N2.BrH/c1-2-3-14-20-16-21(19-12-8-7-11-18(19)20)15-13-17-9-5-4-6-10-17;/h4-12,16H,2-3,13-15H2,1H3;1H/q+1;/p-1. The molecule has 0 aliphatic rings. The Morgan fingerprint density at radius 3 is 2.45 bits per heavy atom. The Labute approximate surface area is 143 Å². The molecule has 0 fully saturated rings. The highest BCUT2D eigenvalue weighted by Crippen LogP contribution is 2.12. The van der Waals surface area contributed by atoms with Gasteiger partial charge in [-0.25, -0.2) is 9.13 Å². The lowest BCUT2D eigenvalue weighted by Crippen LogP contribution is -3.00. The highest BCUT2D eigenvalue weighted by Gasteiger charge is 2.14. The summed E-state index contributed by atoms with van der Waals surface area (Å²) in [6.45, 7) is 4.38. The van der Waals surface area contributed by atoms with Crippen LogP contribution in [0.1, 0.15) is 25.3 Å². The normalized spacial score (nSPS) is 10.6. The molecule has 1 heterocycles. The summed E-state index contributed by atoms with van der Waals surface area (Å²) < 4.78 is 4.78. The zero-order chi connectivity index (χ0) is 14.5. The smallest absolute Gasteiger partial charge is 0.244 e. The molecule has 3 rings (SSSR count). The summed E-state index contributed by atoms with van der Waals surface area (Å²) in [7, 11) is 0. The van der Waals surface area contributed by atoms with E-state index in [-0.39, 0.29) is 17.0 Å². The zero-order valence-corrected chi connectivity index (χ0v) is 14.7. The predicted molar refractivity (Wildman–Crippen MR) is 87.2 cm³/mol. The Balaban J connectivity index is 0.00000176. The zero-order valence-electron chi connectivity index (χ0n) is 13.1. The molecule has 22 heavy (non-hydrogen) atoms. The first kappa shape index (κ1) is 16.8. The third-order valence-corrected chi connectivity index (χ3v) is 4.02. The van der Waals surface area contributed by atoms with Crippen molar-refractivity contribution >= 4 is 11.0 Å². The van der Waals surface area contributed by atoms with E-state index in [1.165, 1.54) is 29.4 Å². The minimum Gasteiger partial charge on any atom is -1.00 e. The van der Waals surface area contributed by atoms with Gasteiger partial charge >= 0.3 is 0 Å². The molecule has 2 aromatic carbocycles. The fourth-order valence-corrected chi connectivity index (χ4v) is 2.82. The van der Waals surface area contributed by atoms with Crippen molar-refractivity contribution in [1.29, 1.82) is 0 Å². The summed E-state index contributed by atoms with van der Waals surface area (Å²) >= 11 is 0. The highest BCUT2D eigenvalue weighted by atomic mass is 79.9. The van der Waals surface area contributed by atoms with E-state index in [2.05, 4.69) is 77.0 Å². The lowest BCUT2D eigenvalue weighted by atomic mass is 10.1. The minimum atomic E-state index is 0. The van der Waals surface area contributed by atoms with Crippen molar-refractivity contribution in [3.05, 3.63) is 66.5 Å². The molecule has 0 spiro atoms. The third kappa shape index (κ3) is 3.77. The van der Waals surface area contributed by atoms with Gasteiger partial charge in [-0.05, 0) is 24.1 Å². The second-order valence-corrected chi connectivity index (χ2v) is 5.58. The summed E-state index contributed by atoms with van der Waals surface area (Å²) in [6, 6.07) is 19.4. The van der Waals surface area contributed by atoms with Crippen LogP contribution in [-0.2, 0) is 19.5 Å². The molecule has 0 unspecified atom stereocenters. The first-order valence-electron chi connectivity index (χ1n) is 7.89. The lowest BCUT2D eigenvalue weighted by Gasteiger charge is -1.99. The number of hydrogen-bond acceptors (Lipinski definition) is 0. The van der Waals surface area contributed by atoms with Gasteiger partial charge in [-0.3, -0.25) is 0 Å². The van der Waals surface area contributed by atoms with E-state index in [1.54, 1.807) is 0 Å². The average molecular weight is 359 g/mol. The van der Waals surface area contributed by atoms with Crippen LogP contribution in [-0.4, -0.2) is 4.57 Å². The van der Waals surface area contributed by atoms with Crippen LogP contribution in [0.4, 0.5) is 0 Å². The second kappa shape index (κ2) is 8.14. The number of aryl methyl sites for hydroxylation is 3. The first-order valence-corrected chi connectivity index (χ1v) is 7.89. The summed E-state index contributed by atoms with van der Waals surface area (Å²) in [5.74, 6) is 0. The molecule has 3 heteroatoms. The average Bonchev–Trinajstić information content (AvgIpc) is 2.90. The van der Waals surface area contributed by atoms with Crippen LogP contribution in [0.25, 0.3) is 11.0 Å². The molecule has 0 atom stereocenters. The Morgan fingerprint density at radius 1 is 0.955 bits per heavy atom. The molecule has 0 saturated heterocycles. The van der Waals surface area contributed by atoms with E-state index < -0.39 is 0 Å². The quantitative estimate of drug-likeness (QED) is 0.580. The molecular formula is C19H23BrN2. The fourth-order valence-electron chi connectivity index (χ4n) is 2.82. The van der Waals surface area contributed by atoms with Crippen molar-refractivity contribution in [3.8, 4) is 0 Å². The van der Waals surface area contributed by atoms with Gasteiger partial charge in [0.1, 0.15) is 0 Å². The lowest BCUT2D eigenvalue weighted by molar-refractivity contribution is -0.672. The van der Waals surface area contributed by atoms with Gasteiger partial charge in [0.2, 0.25) is 6.33 Å². The molecule has 0 saturated carbocycles. The minimum absolute atomic E-state index is 0. The Kier molecular flexibility index (Phi) is 6.20. The van der Waals surface area contributed by atoms with Crippen molar-refractivity contribution in [1.82, 2.24) is 4.57 Å². The van der Waals surface area contributed by atoms with Crippen LogP contribution in [0.5, 0.6) is 0 Å². The molecule has 116 valence electrons. The van der Waals surface area contributed by atoms with E-state index >= 15 is 0 Å². The van der Waals surface area contributed by atoms with Crippen molar-refractivity contribution in [2.45, 2.75) is 39.3 Å². The number of imidazole rings is 1. The third-order valence-electron chi connectivity index (χ3n) is 4.02. The molecule has 1 aromatic heterocycles. The van der Waals surface area contributed by atoms with Gasteiger partial charge in [-0.15, -0.1) is 0 Å². The van der Waals surface area contributed by atoms with Gasteiger partial charge in [0, 0.05) is 6.42 Å². The summed E-state index contributed by atoms with van der Waals surface area (Å²) in [4.78, 5) is 0. The molecule has 0 N–H and O–H groups in total. The largest absolute Gasteiger partial charge is 1.00 e. The molecular weight excluding hydrogens is 336 g/mol. The molecule has 0 amide bonds. The number of unbranched alkanes of at least 4 members (excludes halogenated alkanes) is 1. The van der Waals surface area contributed by atoms with Crippen LogP contribution in [0.2, 0.25) is 0 Å². The monoisotopic (exact) mass is 358 g/mol. The number of hydrogen-bond donors (Lipinski definition) is 0.